The summed E-state index contributed by atoms with van der Waals surface area (Å²) in [5, 5.41) is 2.11. The summed E-state index contributed by atoms with van der Waals surface area (Å²) in [6.07, 6.45) is 0. The minimum absolute atomic E-state index is 0.141. The van der Waals surface area contributed by atoms with E-state index in [0.29, 0.717) is 5.82 Å². The number of halogens is 1. The summed E-state index contributed by atoms with van der Waals surface area (Å²) in [6, 6.07) is 19.5. The molecule has 2 heterocycles. The van der Waals surface area contributed by atoms with Crippen LogP contribution in [-0.2, 0) is 4.79 Å². The van der Waals surface area contributed by atoms with Gasteiger partial charge >= 0.3 is 0 Å². The number of carbonyl (C=O) groups excluding carboxylic acids is 1. The lowest BCUT2D eigenvalue weighted by atomic mass is 9.95. The molecule has 1 amide bonds. The minimum atomic E-state index is -0.554. The number of benzene rings is 2. The third-order valence-corrected chi connectivity index (χ3v) is 4.75. The van der Waals surface area contributed by atoms with Crippen LogP contribution in [-0.4, -0.2) is 21.3 Å². The monoisotopic (exact) mass is 337 g/mol. The van der Waals surface area contributed by atoms with Gasteiger partial charge in [-0.15, -0.1) is 11.6 Å². The molecule has 0 unspecified atom stereocenters. The Kier molecular flexibility index (Phi) is 3.62. The van der Waals surface area contributed by atoms with E-state index in [-0.39, 0.29) is 11.9 Å². The second kappa shape index (κ2) is 5.80. The third kappa shape index (κ3) is 2.39. The van der Waals surface area contributed by atoms with Crippen LogP contribution in [0.25, 0.3) is 10.9 Å². The molecular formula is C19H16ClN3O. The van der Waals surface area contributed by atoms with Crippen LogP contribution >= 0.6 is 11.6 Å². The molecule has 2 atom stereocenters. The highest BCUT2D eigenvalue weighted by molar-refractivity contribution is 6.33. The minimum Gasteiger partial charge on any atom is -0.279 e. The normalized spacial score (nSPS) is 20.1. The molecular weight excluding hydrogens is 322 g/mol. The standard InChI is InChI=1S/C19H16ClN3O/c1-12-11-16(21-15-10-6-5-9-14(12)15)22-23-18(17(20)19(23)24)13-7-3-2-4-8-13/h2-11,17-18H,1H3,(H,21,22)/t17-,18-/m1/s1. The van der Waals surface area contributed by atoms with Gasteiger partial charge in [0, 0.05) is 5.39 Å². The van der Waals surface area contributed by atoms with Gasteiger partial charge in [0.25, 0.3) is 5.91 Å². The van der Waals surface area contributed by atoms with Crippen LogP contribution in [0, 0.1) is 6.92 Å². The fourth-order valence-electron chi connectivity index (χ4n) is 3.08. The SMILES string of the molecule is Cc1cc(NN2C(=O)[C@H](Cl)[C@H]2c2ccccc2)nc2ccccc12. The number of alkyl halides is 1. The van der Waals surface area contributed by atoms with Crippen LogP contribution in [0.4, 0.5) is 5.82 Å². The van der Waals surface area contributed by atoms with Gasteiger partial charge in [0.15, 0.2) is 0 Å². The van der Waals surface area contributed by atoms with E-state index in [9.17, 15) is 4.79 Å². The highest BCUT2D eigenvalue weighted by Crippen LogP contribution is 2.38. The molecule has 0 saturated carbocycles. The third-order valence-electron chi connectivity index (χ3n) is 4.33. The highest BCUT2D eigenvalue weighted by Gasteiger charge is 2.47. The Morgan fingerprint density at radius 3 is 2.58 bits per heavy atom. The van der Waals surface area contributed by atoms with Gasteiger partial charge in [0.2, 0.25) is 0 Å². The van der Waals surface area contributed by atoms with Crippen molar-refractivity contribution in [1.82, 2.24) is 9.99 Å². The van der Waals surface area contributed by atoms with Gasteiger partial charge in [-0.1, -0.05) is 48.5 Å². The summed E-state index contributed by atoms with van der Waals surface area (Å²) >= 11 is 6.24. The molecule has 1 fully saturated rings. The van der Waals surface area contributed by atoms with Crippen LogP contribution in [0.5, 0.6) is 0 Å². The highest BCUT2D eigenvalue weighted by atomic mass is 35.5. The number of hydrogen-bond acceptors (Lipinski definition) is 3. The van der Waals surface area contributed by atoms with Gasteiger partial charge in [0.1, 0.15) is 17.2 Å². The molecule has 120 valence electrons. The number of hydrazine groups is 1. The number of aryl methyl sites for hydroxylation is 1. The van der Waals surface area contributed by atoms with E-state index in [1.165, 1.54) is 0 Å². The predicted octanol–water partition coefficient (Wildman–Crippen LogP) is 4.06. The first-order valence-corrected chi connectivity index (χ1v) is 8.24. The fraction of sp³-hybridized carbons (Fsp3) is 0.158. The maximum atomic E-state index is 12.2. The number of fused-ring (bicyclic) bond motifs is 1. The molecule has 0 spiro atoms. The van der Waals surface area contributed by atoms with E-state index in [0.717, 1.165) is 22.0 Å². The Morgan fingerprint density at radius 1 is 1.08 bits per heavy atom. The summed E-state index contributed by atoms with van der Waals surface area (Å²) in [7, 11) is 0. The number of carbonyl (C=O) groups is 1. The van der Waals surface area contributed by atoms with E-state index in [1.54, 1.807) is 5.01 Å². The van der Waals surface area contributed by atoms with Gasteiger partial charge in [-0.2, -0.15) is 0 Å². The second-order valence-electron chi connectivity index (χ2n) is 5.92. The van der Waals surface area contributed by atoms with Gasteiger partial charge in [-0.3, -0.25) is 10.2 Å². The molecule has 1 aliphatic rings. The van der Waals surface area contributed by atoms with Crippen molar-refractivity contribution in [2.45, 2.75) is 18.3 Å². The summed E-state index contributed by atoms with van der Waals surface area (Å²) in [4.78, 5) is 16.8. The number of pyridine rings is 1. The number of anilines is 1. The van der Waals surface area contributed by atoms with Crippen LogP contribution in [0.1, 0.15) is 17.2 Å². The van der Waals surface area contributed by atoms with Crippen LogP contribution in [0.15, 0.2) is 60.7 Å². The topological polar surface area (TPSA) is 45.2 Å². The van der Waals surface area contributed by atoms with Crippen LogP contribution < -0.4 is 5.43 Å². The van der Waals surface area contributed by atoms with Crippen LogP contribution in [0.2, 0.25) is 0 Å². The van der Waals surface area contributed by atoms with Crippen molar-refractivity contribution in [3.8, 4) is 0 Å². The van der Waals surface area contributed by atoms with Crippen molar-refractivity contribution in [3.63, 3.8) is 0 Å². The van der Waals surface area contributed by atoms with Crippen molar-refractivity contribution < 1.29 is 4.79 Å². The van der Waals surface area contributed by atoms with E-state index in [4.69, 9.17) is 11.6 Å². The molecule has 2 aromatic carbocycles. The Labute approximate surface area is 145 Å². The molecule has 1 aromatic heterocycles. The molecule has 1 N–H and O–H groups in total. The smallest absolute Gasteiger partial charge is 0.262 e. The molecule has 3 aromatic rings. The second-order valence-corrected chi connectivity index (χ2v) is 6.39. The number of amides is 1. The van der Waals surface area contributed by atoms with E-state index in [2.05, 4.69) is 10.4 Å². The number of hydrogen-bond donors (Lipinski definition) is 1. The summed E-state index contributed by atoms with van der Waals surface area (Å²) < 4.78 is 0. The Hall–Kier alpha value is -2.59. The number of nitrogens with zero attached hydrogens (tertiary/aromatic N) is 2. The first kappa shape index (κ1) is 15.0. The molecule has 5 heteroatoms. The van der Waals surface area contributed by atoms with Gasteiger partial charge in [-0.25, -0.2) is 9.99 Å². The molecule has 4 nitrogen and oxygen atoms in total. The van der Waals surface area contributed by atoms with Crippen molar-refractivity contribution in [3.05, 3.63) is 71.8 Å². The molecule has 0 bridgehead atoms. The molecule has 24 heavy (non-hydrogen) atoms. The molecule has 1 aliphatic heterocycles. The lowest BCUT2D eigenvalue weighted by Crippen LogP contribution is -2.58. The number of nitrogens with one attached hydrogen (secondary N) is 1. The zero-order valence-electron chi connectivity index (χ0n) is 13.1. The van der Waals surface area contributed by atoms with Crippen molar-refractivity contribution in [1.29, 1.82) is 0 Å². The van der Waals surface area contributed by atoms with Gasteiger partial charge in [0.05, 0.1) is 5.52 Å². The number of para-hydroxylation sites is 1. The van der Waals surface area contributed by atoms with Crippen molar-refractivity contribution in [2.75, 3.05) is 5.43 Å². The summed E-state index contributed by atoms with van der Waals surface area (Å²) in [5.74, 6) is 0.502. The lowest BCUT2D eigenvalue weighted by Gasteiger charge is -2.44. The molecule has 0 radical (unpaired) electrons. The molecule has 4 rings (SSSR count). The predicted molar refractivity (Wildman–Crippen MR) is 95.8 cm³/mol. The average Bonchev–Trinajstić information content (AvgIpc) is 2.62. The Bertz CT molecular complexity index is 913. The Balaban J connectivity index is 1.66. The van der Waals surface area contributed by atoms with Gasteiger partial charge in [-0.05, 0) is 30.2 Å². The molecule has 0 aliphatic carbocycles. The van der Waals surface area contributed by atoms with E-state index >= 15 is 0 Å². The quantitative estimate of drug-likeness (QED) is 0.579. The van der Waals surface area contributed by atoms with Gasteiger partial charge < -0.3 is 0 Å². The Morgan fingerprint density at radius 2 is 1.79 bits per heavy atom. The number of aromatic nitrogens is 1. The zero-order chi connectivity index (χ0) is 16.7. The molecule has 1 saturated heterocycles. The largest absolute Gasteiger partial charge is 0.279 e. The first-order chi connectivity index (χ1) is 11.6. The average molecular weight is 338 g/mol. The number of β-lactam (4-membered cyclic amide) rings is 1. The first-order valence-electron chi connectivity index (χ1n) is 7.80. The zero-order valence-corrected chi connectivity index (χ0v) is 13.9. The summed E-state index contributed by atoms with van der Waals surface area (Å²) in [6.45, 7) is 2.03. The maximum absolute atomic E-state index is 12.2. The van der Waals surface area contributed by atoms with Crippen molar-refractivity contribution in [2.24, 2.45) is 0 Å². The van der Waals surface area contributed by atoms with E-state index < -0.39 is 5.38 Å². The lowest BCUT2D eigenvalue weighted by molar-refractivity contribution is -0.143. The fourth-order valence-corrected chi connectivity index (χ4v) is 3.44. The van der Waals surface area contributed by atoms with Crippen LogP contribution in [0.3, 0.4) is 0 Å². The van der Waals surface area contributed by atoms with E-state index in [1.807, 2.05) is 67.6 Å². The summed E-state index contributed by atoms with van der Waals surface area (Å²) in [5.41, 5.74) is 6.13. The van der Waals surface area contributed by atoms with Crippen molar-refractivity contribution >= 4 is 34.2 Å². The number of rotatable bonds is 3. The maximum Gasteiger partial charge on any atom is 0.262 e.